The van der Waals surface area contributed by atoms with Crippen molar-refractivity contribution in [3.8, 4) is 11.5 Å². The Morgan fingerprint density at radius 3 is 2.52 bits per heavy atom. The molecule has 2 bridgehead atoms. The second-order valence-corrected chi connectivity index (χ2v) is 12.9. The minimum atomic E-state index is -1.30. The fourth-order valence-electron chi connectivity index (χ4n) is 7.43. The molecule has 1 aromatic rings. The van der Waals surface area contributed by atoms with E-state index in [0.717, 1.165) is 17.7 Å². The number of amides is 2. The molecule has 2 heterocycles. The molecule has 240 valence electrons. The second kappa shape index (κ2) is 11.7. The summed E-state index contributed by atoms with van der Waals surface area (Å²) in [6, 6.07) is 1.84. The zero-order chi connectivity index (χ0) is 32.1. The number of benzene rings is 1. The maximum atomic E-state index is 13.3. The molecule has 4 aliphatic rings. The molecule has 1 saturated heterocycles. The van der Waals surface area contributed by atoms with E-state index >= 15 is 0 Å². The molecule has 0 saturated carbocycles. The summed E-state index contributed by atoms with van der Waals surface area (Å²) < 4.78 is 23.3. The molecular formula is C32H43N3O9. The molecule has 1 aromatic carbocycles. The predicted octanol–water partition coefficient (Wildman–Crippen LogP) is 1.50. The predicted molar refractivity (Wildman–Crippen MR) is 158 cm³/mol. The molecule has 1 spiro atoms. The first-order chi connectivity index (χ1) is 20.7. The highest BCUT2D eigenvalue weighted by molar-refractivity contribution is 5.90. The number of piperidine rings is 1. The number of hydrogen-bond acceptors (Lipinski definition) is 10. The lowest BCUT2D eigenvalue weighted by Crippen LogP contribution is -2.74. The van der Waals surface area contributed by atoms with Crippen LogP contribution in [0.2, 0.25) is 0 Å². The quantitative estimate of drug-likeness (QED) is 0.331. The van der Waals surface area contributed by atoms with Crippen molar-refractivity contribution in [1.82, 2.24) is 15.5 Å². The van der Waals surface area contributed by atoms with Gasteiger partial charge in [0.15, 0.2) is 23.7 Å². The maximum Gasteiger partial charge on any atom is 0.352 e. The molecule has 0 aromatic heterocycles. The van der Waals surface area contributed by atoms with Gasteiger partial charge < -0.3 is 39.6 Å². The number of nitrogens with one attached hydrogen (secondary N) is 2. The lowest BCUT2D eigenvalue weighted by molar-refractivity contribution is -0.176. The molecule has 0 radical (unpaired) electrons. The molecule has 3 N–H and O–H groups in total. The maximum absolute atomic E-state index is 13.3. The van der Waals surface area contributed by atoms with Gasteiger partial charge in [-0.1, -0.05) is 19.9 Å². The Morgan fingerprint density at radius 2 is 1.86 bits per heavy atom. The number of ether oxygens (including phenoxy) is 4. The summed E-state index contributed by atoms with van der Waals surface area (Å²) >= 11 is 0. The van der Waals surface area contributed by atoms with Crippen LogP contribution in [-0.2, 0) is 40.5 Å². The van der Waals surface area contributed by atoms with Crippen molar-refractivity contribution < 1.29 is 43.2 Å². The molecule has 44 heavy (non-hydrogen) atoms. The number of esters is 2. The van der Waals surface area contributed by atoms with Crippen LogP contribution < -0.4 is 20.1 Å². The number of likely N-dealkylation sites (tertiary alicyclic amines) is 1. The van der Waals surface area contributed by atoms with E-state index in [1.54, 1.807) is 13.2 Å². The smallest absolute Gasteiger partial charge is 0.352 e. The summed E-state index contributed by atoms with van der Waals surface area (Å²) in [7, 11) is 3.58. The Balaban J connectivity index is 1.30. The van der Waals surface area contributed by atoms with Gasteiger partial charge in [0.05, 0.1) is 18.1 Å². The fourth-order valence-corrected chi connectivity index (χ4v) is 7.43. The van der Waals surface area contributed by atoms with Gasteiger partial charge in [0.1, 0.15) is 17.8 Å². The number of hydrogen-bond donors (Lipinski definition) is 3. The summed E-state index contributed by atoms with van der Waals surface area (Å²) in [5, 5.41) is 17.5. The van der Waals surface area contributed by atoms with Gasteiger partial charge in [0.25, 0.3) is 0 Å². The fraction of sp³-hybridized carbons (Fsp3) is 0.625. The van der Waals surface area contributed by atoms with Crippen LogP contribution in [0.1, 0.15) is 65.0 Å². The summed E-state index contributed by atoms with van der Waals surface area (Å²) in [5.74, 6) is -1.05. The number of carbonyl (C=O) groups is 4. The van der Waals surface area contributed by atoms with Crippen LogP contribution in [-0.4, -0.2) is 90.4 Å². The third kappa shape index (κ3) is 5.11. The first-order valence-corrected chi connectivity index (χ1v) is 15.2. The van der Waals surface area contributed by atoms with Crippen LogP contribution in [0.15, 0.2) is 24.0 Å². The normalized spacial score (nSPS) is 28.4. The van der Waals surface area contributed by atoms with Gasteiger partial charge in [-0.15, -0.1) is 0 Å². The van der Waals surface area contributed by atoms with E-state index in [1.807, 2.05) is 33.0 Å². The van der Waals surface area contributed by atoms with Crippen LogP contribution >= 0.6 is 0 Å². The zero-order valence-electron chi connectivity index (χ0n) is 26.4. The van der Waals surface area contributed by atoms with Crippen molar-refractivity contribution >= 4 is 23.8 Å². The molecule has 2 aliphatic heterocycles. The van der Waals surface area contributed by atoms with Crippen LogP contribution in [0.4, 0.5) is 0 Å². The van der Waals surface area contributed by atoms with Gasteiger partial charge in [-0.3, -0.25) is 9.59 Å². The monoisotopic (exact) mass is 613 g/mol. The number of nitrogens with zero attached hydrogens (tertiary/aromatic N) is 1. The van der Waals surface area contributed by atoms with Crippen molar-refractivity contribution in [3.05, 3.63) is 35.1 Å². The first kappa shape index (κ1) is 31.8. The third-order valence-corrected chi connectivity index (χ3v) is 9.51. The Bertz CT molecular complexity index is 1390. The number of carbonyl (C=O) groups excluding carboxylic acids is 4. The van der Waals surface area contributed by atoms with Gasteiger partial charge in [-0.05, 0) is 70.3 Å². The van der Waals surface area contributed by atoms with Crippen molar-refractivity contribution in [2.24, 2.45) is 5.92 Å². The van der Waals surface area contributed by atoms with Crippen molar-refractivity contribution in [1.29, 1.82) is 0 Å². The molecule has 7 atom stereocenters. The van der Waals surface area contributed by atoms with Crippen LogP contribution in [0.3, 0.4) is 0 Å². The molecule has 5 rings (SSSR count). The minimum Gasteiger partial charge on any atom is -0.493 e. The van der Waals surface area contributed by atoms with Gasteiger partial charge in [-0.25, -0.2) is 9.59 Å². The van der Waals surface area contributed by atoms with Crippen molar-refractivity contribution in [2.75, 3.05) is 20.7 Å². The van der Waals surface area contributed by atoms with Crippen molar-refractivity contribution in [3.63, 3.8) is 0 Å². The van der Waals surface area contributed by atoms with Crippen LogP contribution in [0.25, 0.3) is 0 Å². The van der Waals surface area contributed by atoms with E-state index in [0.29, 0.717) is 30.8 Å². The topological polar surface area (TPSA) is 153 Å². The number of aliphatic hydroxyl groups is 1. The standard InChI is InChI=1S/C32H43N3O9/c1-16(2)14-21(34-19(5)36)28(37)33-17(3)29(38)42-18(4)30(39)43-23-10-11-32(40)24-15-20-8-9-22(41-7)26-25(20)31(32,27(23)44-26)12-13-35(24)6/h8-10,16-18,21,24,27,40H,11-15H2,1-7H3,(H,33,37)(H,34,36)/t17-,18-,21-,24+,27-,31-,32+/m0/s1. The Morgan fingerprint density at radius 1 is 1.14 bits per heavy atom. The van der Waals surface area contributed by atoms with Crippen LogP contribution in [0.5, 0.6) is 11.5 Å². The lowest BCUT2D eigenvalue weighted by Gasteiger charge is -2.61. The second-order valence-electron chi connectivity index (χ2n) is 12.9. The SMILES string of the molecule is COc1ccc2c3c1O[C@H]1C(OC(=O)[C@H](C)OC(=O)[C@H](C)NC(=O)[C@H](CC(C)C)NC(C)=O)=CC[C@@]4(O)[C@@H](C2)N(C)CC[C@]314. The molecule has 12 heteroatoms. The highest BCUT2D eigenvalue weighted by Gasteiger charge is 2.72. The van der Waals surface area contributed by atoms with E-state index < -0.39 is 53.2 Å². The van der Waals surface area contributed by atoms with Crippen molar-refractivity contribution in [2.45, 2.75) is 102 Å². The minimum absolute atomic E-state index is 0.123. The largest absolute Gasteiger partial charge is 0.493 e. The zero-order valence-corrected chi connectivity index (χ0v) is 26.4. The van der Waals surface area contributed by atoms with Gasteiger partial charge in [0, 0.05) is 24.9 Å². The Hall–Kier alpha value is -3.64. The molecule has 0 unspecified atom stereocenters. The summed E-state index contributed by atoms with van der Waals surface area (Å²) in [6.45, 7) is 8.71. The van der Waals surface area contributed by atoms with E-state index in [4.69, 9.17) is 18.9 Å². The molecular weight excluding hydrogens is 570 g/mol. The molecule has 2 aliphatic carbocycles. The summed E-state index contributed by atoms with van der Waals surface area (Å²) in [5.41, 5.74) is -0.00815. The summed E-state index contributed by atoms with van der Waals surface area (Å²) in [4.78, 5) is 52.6. The molecule has 2 amide bonds. The number of rotatable bonds is 10. The Kier molecular flexibility index (Phi) is 8.45. The lowest BCUT2D eigenvalue weighted by atomic mass is 9.50. The third-order valence-electron chi connectivity index (χ3n) is 9.51. The number of likely N-dealkylation sites (N-methyl/N-ethyl adjacent to an activating group) is 1. The average Bonchev–Trinajstić information content (AvgIpc) is 3.31. The van der Waals surface area contributed by atoms with E-state index in [1.165, 1.54) is 20.8 Å². The summed E-state index contributed by atoms with van der Waals surface area (Å²) in [6.07, 6.45) is 1.51. The molecule has 12 nitrogen and oxygen atoms in total. The van der Waals surface area contributed by atoms with E-state index in [2.05, 4.69) is 15.5 Å². The van der Waals surface area contributed by atoms with Gasteiger partial charge >= 0.3 is 11.9 Å². The van der Waals surface area contributed by atoms with E-state index in [9.17, 15) is 24.3 Å². The average molecular weight is 614 g/mol. The first-order valence-electron chi connectivity index (χ1n) is 15.2. The van der Waals surface area contributed by atoms with Gasteiger partial charge in [-0.2, -0.15) is 0 Å². The number of methoxy groups -OCH3 is 1. The Labute approximate surface area is 257 Å². The highest BCUT2D eigenvalue weighted by Crippen LogP contribution is 2.65. The van der Waals surface area contributed by atoms with E-state index in [-0.39, 0.29) is 30.0 Å². The van der Waals surface area contributed by atoms with Crippen LogP contribution in [0, 0.1) is 5.92 Å². The molecule has 1 fully saturated rings. The van der Waals surface area contributed by atoms with Gasteiger partial charge in [0.2, 0.25) is 11.8 Å². The highest BCUT2D eigenvalue weighted by atomic mass is 16.6.